The molecule has 3 rings (SSSR count). The van der Waals surface area contributed by atoms with Crippen molar-refractivity contribution in [3.8, 4) is 11.5 Å². The summed E-state index contributed by atoms with van der Waals surface area (Å²) in [6.07, 6.45) is 0. The quantitative estimate of drug-likeness (QED) is 0.643. The van der Waals surface area contributed by atoms with Gasteiger partial charge in [-0.15, -0.1) is 0 Å². The van der Waals surface area contributed by atoms with Crippen LogP contribution < -0.4 is 14.8 Å². The van der Waals surface area contributed by atoms with E-state index in [2.05, 4.69) is 5.32 Å². The Hall–Kier alpha value is -2.98. The Kier molecular flexibility index (Phi) is 6.12. The highest BCUT2D eigenvalue weighted by molar-refractivity contribution is 6.32. The van der Waals surface area contributed by atoms with Gasteiger partial charge >= 0.3 is 0 Å². The van der Waals surface area contributed by atoms with Crippen molar-refractivity contribution in [3.63, 3.8) is 0 Å². The van der Waals surface area contributed by atoms with E-state index in [0.29, 0.717) is 23.1 Å². The maximum atomic E-state index is 12.0. The Morgan fingerprint density at radius 2 is 1.54 bits per heavy atom. The Balaban J connectivity index is 1.47. The fourth-order valence-electron chi connectivity index (χ4n) is 2.28. The van der Waals surface area contributed by atoms with Gasteiger partial charge in [0.15, 0.2) is 6.61 Å². The molecule has 0 atom stereocenters. The topological polar surface area (TPSA) is 47.6 Å². The van der Waals surface area contributed by atoms with E-state index in [4.69, 9.17) is 21.1 Å². The van der Waals surface area contributed by atoms with Gasteiger partial charge in [0.25, 0.3) is 5.91 Å². The first-order valence-corrected chi connectivity index (χ1v) is 8.52. The van der Waals surface area contributed by atoms with Gasteiger partial charge in [0.2, 0.25) is 0 Å². The van der Waals surface area contributed by atoms with Crippen LogP contribution in [0.2, 0.25) is 5.02 Å². The van der Waals surface area contributed by atoms with Crippen LogP contribution in [-0.2, 0) is 11.4 Å². The molecule has 1 amide bonds. The number of hydrogen-bond donors (Lipinski definition) is 1. The molecule has 4 nitrogen and oxygen atoms in total. The smallest absolute Gasteiger partial charge is 0.262 e. The van der Waals surface area contributed by atoms with Crippen LogP contribution in [0.1, 0.15) is 5.56 Å². The summed E-state index contributed by atoms with van der Waals surface area (Å²) in [5, 5.41) is 3.24. The van der Waals surface area contributed by atoms with E-state index in [-0.39, 0.29) is 12.5 Å². The van der Waals surface area contributed by atoms with Crippen molar-refractivity contribution in [1.82, 2.24) is 0 Å². The van der Waals surface area contributed by atoms with Crippen LogP contribution in [0.5, 0.6) is 11.5 Å². The molecule has 0 heterocycles. The van der Waals surface area contributed by atoms with E-state index in [1.54, 1.807) is 36.4 Å². The second kappa shape index (κ2) is 8.92. The zero-order valence-electron chi connectivity index (χ0n) is 14.0. The lowest BCUT2D eigenvalue weighted by Gasteiger charge is -2.10. The first kappa shape index (κ1) is 17.8. The molecule has 0 saturated heterocycles. The number of rotatable bonds is 7. The largest absolute Gasteiger partial charge is 0.489 e. The number of amides is 1. The van der Waals surface area contributed by atoms with Crippen LogP contribution in [0.4, 0.5) is 5.69 Å². The number of anilines is 1. The summed E-state index contributed by atoms with van der Waals surface area (Å²) in [6, 6.07) is 24.2. The molecule has 3 aromatic rings. The van der Waals surface area contributed by atoms with Crippen LogP contribution in [0.3, 0.4) is 0 Å². The van der Waals surface area contributed by atoms with Gasteiger partial charge in [-0.25, -0.2) is 0 Å². The lowest BCUT2D eigenvalue weighted by atomic mass is 10.2. The van der Waals surface area contributed by atoms with Crippen molar-refractivity contribution in [2.24, 2.45) is 0 Å². The molecule has 0 saturated carbocycles. The second-order valence-corrected chi connectivity index (χ2v) is 5.97. The normalized spacial score (nSPS) is 10.2. The lowest BCUT2D eigenvalue weighted by molar-refractivity contribution is -0.118. The number of ether oxygens (including phenoxy) is 2. The average Bonchev–Trinajstić information content (AvgIpc) is 2.68. The fourth-order valence-corrected chi connectivity index (χ4v) is 2.47. The van der Waals surface area contributed by atoms with Crippen LogP contribution in [0.25, 0.3) is 0 Å². The summed E-state index contributed by atoms with van der Waals surface area (Å²) in [5.41, 5.74) is 1.77. The summed E-state index contributed by atoms with van der Waals surface area (Å²) in [5.74, 6) is 0.955. The molecule has 0 unspecified atom stereocenters. The molecule has 26 heavy (non-hydrogen) atoms. The highest BCUT2D eigenvalue weighted by atomic mass is 35.5. The summed E-state index contributed by atoms with van der Waals surface area (Å²) < 4.78 is 11.1. The molecule has 0 fully saturated rings. The molecule has 132 valence electrons. The molecule has 0 aromatic heterocycles. The minimum atomic E-state index is -0.261. The van der Waals surface area contributed by atoms with Gasteiger partial charge in [0, 0.05) is 5.69 Å². The SMILES string of the molecule is O=C(COc1ccccc1Cl)Nc1ccc(OCc2ccccc2)cc1. The second-order valence-electron chi connectivity index (χ2n) is 5.57. The van der Waals surface area contributed by atoms with E-state index >= 15 is 0 Å². The Morgan fingerprint density at radius 3 is 2.27 bits per heavy atom. The van der Waals surface area contributed by atoms with Crippen molar-refractivity contribution in [3.05, 3.63) is 89.4 Å². The number of carbonyl (C=O) groups excluding carboxylic acids is 1. The van der Waals surface area contributed by atoms with Crippen molar-refractivity contribution < 1.29 is 14.3 Å². The van der Waals surface area contributed by atoms with Crippen molar-refractivity contribution in [2.75, 3.05) is 11.9 Å². The van der Waals surface area contributed by atoms with Crippen LogP contribution in [-0.4, -0.2) is 12.5 Å². The third-order valence-corrected chi connectivity index (χ3v) is 3.89. The highest BCUT2D eigenvalue weighted by Gasteiger charge is 2.06. The molecule has 1 N–H and O–H groups in total. The lowest BCUT2D eigenvalue weighted by Crippen LogP contribution is -2.20. The molecule has 0 spiro atoms. The molecular formula is C21H18ClNO3. The van der Waals surface area contributed by atoms with Gasteiger partial charge in [0.1, 0.15) is 18.1 Å². The molecule has 0 aliphatic heterocycles. The van der Waals surface area contributed by atoms with Gasteiger partial charge in [-0.1, -0.05) is 54.1 Å². The van der Waals surface area contributed by atoms with Crippen molar-refractivity contribution >= 4 is 23.2 Å². The van der Waals surface area contributed by atoms with E-state index in [1.807, 2.05) is 42.5 Å². The summed E-state index contributed by atoms with van der Waals surface area (Å²) in [7, 11) is 0. The molecule has 3 aromatic carbocycles. The summed E-state index contributed by atoms with van der Waals surface area (Å²) in [6.45, 7) is 0.383. The third kappa shape index (κ3) is 5.26. The maximum Gasteiger partial charge on any atom is 0.262 e. The van der Waals surface area contributed by atoms with E-state index < -0.39 is 0 Å². The minimum Gasteiger partial charge on any atom is -0.489 e. The monoisotopic (exact) mass is 367 g/mol. The zero-order valence-corrected chi connectivity index (χ0v) is 14.8. The van der Waals surface area contributed by atoms with Gasteiger partial charge in [-0.05, 0) is 42.0 Å². The number of hydrogen-bond acceptors (Lipinski definition) is 3. The Bertz CT molecular complexity index is 851. The molecule has 0 bridgehead atoms. The predicted molar refractivity (Wildman–Crippen MR) is 103 cm³/mol. The minimum absolute atomic E-state index is 0.115. The van der Waals surface area contributed by atoms with Crippen LogP contribution in [0.15, 0.2) is 78.9 Å². The molecule has 5 heteroatoms. The van der Waals surface area contributed by atoms with E-state index in [1.165, 1.54) is 0 Å². The van der Waals surface area contributed by atoms with Gasteiger partial charge in [-0.3, -0.25) is 4.79 Å². The van der Waals surface area contributed by atoms with Gasteiger partial charge in [-0.2, -0.15) is 0 Å². The first-order chi connectivity index (χ1) is 12.7. The van der Waals surface area contributed by atoms with Crippen LogP contribution >= 0.6 is 11.6 Å². The average molecular weight is 368 g/mol. The molecule has 0 aliphatic carbocycles. The number of benzene rings is 3. The predicted octanol–water partition coefficient (Wildman–Crippen LogP) is 4.94. The van der Waals surface area contributed by atoms with Crippen molar-refractivity contribution in [1.29, 1.82) is 0 Å². The zero-order chi connectivity index (χ0) is 18.2. The third-order valence-electron chi connectivity index (χ3n) is 3.58. The molecular weight excluding hydrogens is 350 g/mol. The highest BCUT2D eigenvalue weighted by Crippen LogP contribution is 2.23. The van der Waals surface area contributed by atoms with E-state index in [0.717, 1.165) is 11.3 Å². The van der Waals surface area contributed by atoms with Crippen molar-refractivity contribution in [2.45, 2.75) is 6.61 Å². The van der Waals surface area contributed by atoms with Gasteiger partial charge in [0.05, 0.1) is 5.02 Å². The Morgan fingerprint density at radius 1 is 0.846 bits per heavy atom. The van der Waals surface area contributed by atoms with E-state index in [9.17, 15) is 4.79 Å². The fraction of sp³-hybridized carbons (Fsp3) is 0.0952. The Labute approximate surface area is 157 Å². The first-order valence-electron chi connectivity index (χ1n) is 8.15. The standard InChI is InChI=1S/C21H18ClNO3/c22-19-8-4-5-9-20(19)26-15-21(24)23-17-10-12-18(13-11-17)25-14-16-6-2-1-3-7-16/h1-13H,14-15H2,(H,23,24). The molecule has 0 aliphatic rings. The summed E-state index contributed by atoms with van der Waals surface area (Å²) >= 11 is 5.99. The number of carbonyl (C=O) groups is 1. The number of nitrogens with one attached hydrogen (secondary N) is 1. The number of halogens is 1. The number of para-hydroxylation sites is 1. The van der Waals surface area contributed by atoms with Crippen LogP contribution in [0, 0.1) is 0 Å². The summed E-state index contributed by atoms with van der Waals surface area (Å²) in [4.78, 5) is 12.0. The molecule has 0 radical (unpaired) electrons. The maximum absolute atomic E-state index is 12.0. The van der Waals surface area contributed by atoms with Gasteiger partial charge < -0.3 is 14.8 Å².